The van der Waals surface area contributed by atoms with Crippen molar-refractivity contribution in [2.24, 2.45) is 5.92 Å². The molecule has 3 atom stereocenters. The molecule has 3 unspecified atom stereocenters. The molecule has 4 saturated heterocycles. The average Bonchev–Trinajstić information content (AvgIpc) is 4.06. The fourth-order valence-electron chi connectivity index (χ4n) is 8.22. The van der Waals surface area contributed by atoms with Gasteiger partial charge in [0.15, 0.2) is 0 Å². The number of hydrogen-bond donors (Lipinski definition) is 0. The van der Waals surface area contributed by atoms with Crippen LogP contribution in [0, 0.1) is 5.92 Å². The minimum absolute atomic E-state index is 0.110. The van der Waals surface area contributed by atoms with E-state index in [-0.39, 0.29) is 31.2 Å². The Balaban J connectivity index is 0.803. The van der Waals surface area contributed by atoms with Crippen LogP contribution in [0.15, 0.2) is 109 Å². The topological polar surface area (TPSA) is 83.7 Å². The quantitative estimate of drug-likeness (QED) is 0.0632. The molecule has 8 nitrogen and oxygen atoms in total. The van der Waals surface area contributed by atoms with E-state index < -0.39 is 0 Å². The van der Waals surface area contributed by atoms with E-state index in [1.54, 1.807) is 0 Å². The summed E-state index contributed by atoms with van der Waals surface area (Å²) in [6.45, 7) is 8.94. The van der Waals surface area contributed by atoms with Crippen molar-refractivity contribution in [2.45, 2.75) is 63.3 Å². The second kappa shape index (κ2) is 15.9. The molecule has 0 bridgehead atoms. The van der Waals surface area contributed by atoms with Crippen molar-refractivity contribution in [1.82, 2.24) is 0 Å². The summed E-state index contributed by atoms with van der Waals surface area (Å²) in [5.74, 6) is 3.79. The van der Waals surface area contributed by atoms with Crippen LogP contribution in [0.5, 0.6) is 23.0 Å². The van der Waals surface area contributed by atoms with E-state index in [0.717, 1.165) is 98.1 Å². The van der Waals surface area contributed by atoms with E-state index in [1.807, 2.05) is 12.1 Å². The molecule has 298 valence electrons. The molecule has 4 aliphatic heterocycles. The van der Waals surface area contributed by atoms with Gasteiger partial charge < -0.3 is 37.9 Å². The Kier molecular flexibility index (Phi) is 10.2. The molecule has 0 amide bonds. The lowest BCUT2D eigenvalue weighted by atomic mass is 9.75. The standard InChI is InChI=1S/C50H50O8/c1-50(2,41-9-14-49(40(19-41)24-47-29-54-47)58-31-57-43-11-8-36-17-33(18-45-27-52-45)4-6-38(36)21-43)48-13-12-44(22-39(48)23-46-28-53-46)56-30-55-42-10-7-35-16-32(3-5-37(35)20-42)15-34-25-51-26-34/h3-14,16-17,19-22,34,45-47H,15,18,23-31H2,1-2H3. The van der Waals surface area contributed by atoms with Gasteiger partial charge in [0.2, 0.25) is 13.6 Å². The van der Waals surface area contributed by atoms with Gasteiger partial charge in [0, 0.05) is 30.6 Å². The van der Waals surface area contributed by atoms with Gasteiger partial charge in [0.25, 0.3) is 0 Å². The zero-order valence-corrected chi connectivity index (χ0v) is 33.2. The summed E-state index contributed by atoms with van der Waals surface area (Å²) < 4.78 is 46.8. The molecule has 10 rings (SSSR count). The molecule has 0 N–H and O–H groups in total. The molecule has 4 heterocycles. The van der Waals surface area contributed by atoms with Crippen molar-refractivity contribution in [2.75, 3.05) is 46.6 Å². The maximum Gasteiger partial charge on any atom is 0.230 e. The smallest absolute Gasteiger partial charge is 0.230 e. The van der Waals surface area contributed by atoms with Crippen LogP contribution in [0.2, 0.25) is 0 Å². The third-order valence-electron chi connectivity index (χ3n) is 12.0. The second-order valence-corrected chi connectivity index (χ2v) is 16.9. The Morgan fingerprint density at radius 3 is 1.60 bits per heavy atom. The molecular weight excluding hydrogens is 729 g/mol. The largest absolute Gasteiger partial charge is 0.457 e. The Hall–Kier alpha value is -5.12. The molecule has 4 aliphatic rings. The van der Waals surface area contributed by atoms with E-state index in [0.29, 0.717) is 12.0 Å². The van der Waals surface area contributed by atoms with Crippen molar-refractivity contribution in [3.8, 4) is 23.0 Å². The molecule has 6 aromatic carbocycles. The highest BCUT2D eigenvalue weighted by atomic mass is 16.7. The Bertz CT molecular complexity index is 2420. The van der Waals surface area contributed by atoms with E-state index in [9.17, 15) is 0 Å². The second-order valence-electron chi connectivity index (χ2n) is 16.9. The maximum absolute atomic E-state index is 6.30. The highest BCUT2D eigenvalue weighted by Crippen LogP contribution is 2.39. The van der Waals surface area contributed by atoms with E-state index >= 15 is 0 Å². The number of benzene rings is 6. The van der Waals surface area contributed by atoms with Gasteiger partial charge >= 0.3 is 0 Å². The predicted molar refractivity (Wildman–Crippen MR) is 223 cm³/mol. The van der Waals surface area contributed by atoms with Gasteiger partial charge in [-0.2, -0.15) is 0 Å². The van der Waals surface area contributed by atoms with Crippen molar-refractivity contribution in [3.63, 3.8) is 0 Å². The van der Waals surface area contributed by atoms with E-state index in [1.165, 1.54) is 38.6 Å². The molecular formula is C50H50O8. The van der Waals surface area contributed by atoms with Crippen molar-refractivity contribution < 1.29 is 37.9 Å². The summed E-state index contributed by atoms with van der Waals surface area (Å²) >= 11 is 0. The monoisotopic (exact) mass is 778 g/mol. The molecule has 8 heteroatoms. The zero-order chi connectivity index (χ0) is 39.1. The van der Waals surface area contributed by atoms with Crippen molar-refractivity contribution in [3.05, 3.63) is 143 Å². The number of epoxide rings is 3. The van der Waals surface area contributed by atoms with Gasteiger partial charge in [-0.25, -0.2) is 0 Å². The summed E-state index contributed by atoms with van der Waals surface area (Å²) in [4.78, 5) is 0. The van der Waals surface area contributed by atoms with Gasteiger partial charge in [0.05, 0.1) is 51.3 Å². The first-order valence-electron chi connectivity index (χ1n) is 20.6. The predicted octanol–water partition coefficient (Wildman–Crippen LogP) is 9.16. The lowest BCUT2D eigenvalue weighted by molar-refractivity contribution is -0.0312. The highest BCUT2D eigenvalue weighted by Gasteiger charge is 2.32. The van der Waals surface area contributed by atoms with Gasteiger partial charge in [-0.15, -0.1) is 0 Å². The molecule has 58 heavy (non-hydrogen) atoms. The molecule has 0 spiro atoms. The Labute approximate surface area is 339 Å². The lowest BCUT2D eigenvalue weighted by Crippen LogP contribution is -2.29. The molecule has 4 fully saturated rings. The van der Waals surface area contributed by atoms with Gasteiger partial charge in [-0.3, -0.25) is 0 Å². The first-order valence-corrected chi connectivity index (χ1v) is 20.6. The van der Waals surface area contributed by atoms with E-state index in [4.69, 9.17) is 37.9 Å². The fourth-order valence-corrected chi connectivity index (χ4v) is 8.22. The number of rotatable bonds is 18. The average molecular weight is 779 g/mol. The molecule has 0 saturated carbocycles. The van der Waals surface area contributed by atoms with Crippen LogP contribution < -0.4 is 18.9 Å². The molecule has 0 radical (unpaired) electrons. The molecule has 0 aliphatic carbocycles. The van der Waals surface area contributed by atoms with E-state index in [2.05, 4.69) is 111 Å². The normalized spacial score (nSPS) is 19.8. The third-order valence-corrected chi connectivity index (χ3v) is 12.0. The number of ether oxygens (including phenoxy) is 8. The zero-order valence-electron chi connectivity index (χ0n) is 33.2. The van der Waals surface area contributed by atoms with Crippen molar-refractivity contribution in [1.29, 1.82) is 0 Å². The van der Waals surface area contributed by atoms with Crippen molar-refractivity contribution >= 4 is 21.5 Å². The van der Waals surface area contributed by atoms with Crippen LogP contribution in [-0.2, 0) is 50.0 Å². The van der Waals surface area contributed by atoms with Gasteiger partial charge in [0.1, 0.15) is 23.0 Å². The minimum Gasteiger partial charge on any atom is -0.457 e. The van der Waals surface area contributed by atoms with Crippen LogP contribution in [0.1, 0.15) is 47.2 Å². The maximum atomic E-state index is 6.30. The first kappa shape index (κ1) is 37.2. The number of fused-ring (bicyclic) bond motifs is 2. The summed E-state index contributed by atoms with van der Waals surface area (Å²) in [5.41, 5.74) is 7.12. The molecule has 0 aromatic heterocycles. The van der Waals surface area contributed by atoms with Crippen LogP contribution in [0.25, 0.3) is 21.5 Å². The summed E-state index contributed by atoms with van der Waals surface area (Å²) in [5, 5.41) is 4.70. The first-order chi connectivity index (χ1) is 28.4. The number of hydrogen-bond acceptors (Lipinski definition) is 8. The van der Waals surface area contributed by atoms with Crippen LogP contribution in [0.3, 0.4) is 0 Å². The van der Waals surface area contributed by atoms with Gasteiger partial charge in [-0.1, -0.05) is 80.6 Å². The third kappa shape index (κ3) is 8.81. The summed E-state index contributed by atoms with van der Waals surface area (Å²) in [6, 6.07) is 38.6. The fraction of sp³-hybridized carbons (Fsp3) is 0.360. The van der Waals surface area contributed by atoms with Crippen LogP contribution in [-0.4, -0.2) is 64.9 Å². The Morgan fingerprint density at radius 2 is 1.00 bits per heavy atom. The van der Waals surface area contributed by atoms with Crippen LogP contribution >= 0.6 is 0 Å². The highest BCUT2D eigenvalue weighted by molar-refractivity contribution is 5.85. The van der Waals surface area contributed by atoms with Crippen LogP contribution in [0.4, 0.5) is 0 Å². The minimum atomic E-state index is -0.305. The van der Waals surface area contributed by atoms with Gasteiger partial charge in [-0.05, 0) is 104 Å². The Morgan fingerprint density at radius 1 is 0.483 bits per heavy atom. The SMILES string of the molecule is CC(C)(c1ccc(OCOc2ccc3cc(CC4CO4)ccc3c2)c(CC2CO2)c1)c1ccc(OCOc2ccc3cc(CC4COC4)ccc3c2)cc1CC1CO1. The molecule has 6 aromatic rings. The lowest BCUT2D eigenvalue weighted by Gasteiger charge is -2.30. The summed E-state index contributed by atoms with van der Waals surface area (Å²) in [6.07, 6.45) is 4.44. The summed E-state index contributed by atoms with van der Waals surface area (Å²) in [7, 11) is 0.